The van der Waals surface area contributed by atoms with Gasteiger partial charge in [0.05, 0.1) is 32.0 Å². The molecule has 0 spiro atoms. The van der Waals surface area contributed by atoms with Crippen LogP contribution in [0.2, 0.25) is 0 Å². The molecule has 3 aromatic rings. The van der Waals surface area contributed by atoms with E-state index in [2.05, 4.69) is 4.98 Å². The molecular weight excluding hydrogens is 438 g/mol. The maximum atomic E-state index is 13.2. The Morgan fingerprint density at radius 1 is 1.15 bits per heavy atom. The highest BCUT2D eigenvalue weighted by Crippen LogP contribution is 2.37. The van der Waals surface area contributed by atoms with Crippen molar-refractivity contribution in [1.29, 1.82) is 0 Å². The molecule has 0 bridgehead atoms. The average molecular weight is 468 g/mol. The van der Waals surface area contributed by atoms with E-state index < -0.39 is 0 Å². The van der Waals surface area contributed by atoms with Gasteiger partial charge in [0, 0.05) is 24.4 Å². The number of carbonyl (C=O) groups excluding carboxylic acids is 1. The Hall–Kier alpha value is -2.87. The molecule has 2 aliphatic rings. The van der Waals surface area contributed by atoms with Crippen LogP contribution in [0.15, 0.2) is 29.3 Å². The first-order chi connectivity index (χ1) is 16.1. The van der Waals surface area contributed by atoms with Crippen molar-refractivity contribution in [3.8, 4) is 11.5 Å². The number of aromatic nitrogens is 2. The van der Waals surface area contributed by atoms with Gasteiger partial charge in [-0.05, 0) is 61.8 Å². The molecule has 174 valence electrons. The molecule has 1 fully saturated rings. The highest BCUT2D eigenvalue weighted by Gasteiger charge is 2.30. The zero-order chi connectivity index (χ0) is 22.9. The number of ether oxygens (including phenoxy) is 2. The first-order valence-corrected chi connectivity index (χ1v) is 12.4. The number of fused-ring (bicyclic) bond motifs is 3. The Balaban J connectivity index is 1.33. The van der Waals surface area contributed by atoms with Gasteiger partial charge in [-0.1, -0.05) is 6.07 Å². The maximum absolute atomic E-state index is 13.2. The van der Waals surface area contributed by atoms with E-state index in [1.807, 2.05) is 23.1 Å². The van der Waals surface area contributed by atoms with Gasteiger partial charge >= 0.3 is 0 Å². The maximum Gasteiger partial charge on any atom is 0.262 e. The van der Waals surface area contributed by atoms with Gasteiger partial charge in [0.25, 0.3) is 5.56 Å². The molecule has 1 unspecified atom stereocenters. The van der Waals surface area contributed by atoms with Gasteiger partial charge in [-0.2, -0.15) is 0 Å². The van der Waals surface area contributed by atoms with Gasteiger partial charge in [0.1, 0.15) is 4.83 Å². The Labute approximate surface area is 197 Å². The van der Waals surface area contributed by atoms with E-state index in [4.69, 9.17) is 9.47 Å². The van der Waals surface area contributed by atoms with Gasteiger partial charge in [-0.25, -0.2) is 4.98 Å². The fourth-order valence-electron chi connectivity index (χ4n) is 5.17. The molecule has 3 heterocycles. The van der Waals surface area contributed by atoms with Crippen molar-refractivity contribution in [2.75, 3.05) is 20.8 Å². The normalized spacial score (nSPS) is 17.9. The summed E-state index contributed by atoms with van der Waals surface area (Å²) in [7, 11) is 3.23. The summed E-state index contributed by atoms with van der Waals surface area (Å²) in [5.41, 5.74) is 2.22. The quantitative estimate of drug-likeness (QED) is 0.546. The largest absolute Gasteiger partial charge is 0.493 e. The molecule has 1 atom stereocenters. The summed E-state index contributed by atoms with van der Waals surface area (Å²) in [6.07, 6.45) is 8.06. The molecule has 33 heavy (non-hydrogen) atoms. The van der Waals surface area contributed by atoms with Crippen molar-refractivity contribution in [2.45, 2.75) is 57.5 Å². The smallest absolute Gasteiger partial charge is 0.262 e. The summed E-state index contributed by atoms with van der Waals surface area (Å²) in [4.78, 5) is 35.0. The molecular formula is C25H29N3O4S. The second-order valence-electron chi connectivity index (χ2n) is 8.74. The molecule has 1 aliphatic heterocycles. The lowest BCUT2D eigenvalue weighted by molar-refractivity contribution is -0.132. The molecule has 8 heteroatoms. The van der Waals surface area contributed by atoms with E-state index in [-0.39, 0.29) is 23.9 Å². The number of hydrogen-bond acceptors (Lipinski definition) is 6. The molecule has 5 rings (SSSR count). The Morgan fingerprint density at radius 3 is 2.79 bits per heavy atom. The van der Waals surface area contributed by atoms with Crippen LogP contribution in [0.4, 0.5) is 0 Å². The van der Waals surface area contributed by atoms with E-state index in [1.165, 1.54) is 16.9 Å². The van der Waals surface area contributed by atoms with Gasteiger partial charge in [-0.15, -0.1) is 11.3 Å². The standard InChI is InChI=1S/C25H29N3O4S/c1-31-19-10-9-16(14-20(19)32-2)18-7-5-12-28(18)22(29)11-13-27-15-26-24-23(25(27)30)17-6-3-4-8-21(17)33-24/h9-10,14-15,18H,3-8,11-13H2,1-2H3. The van der Waals surface area contributed by atoms with Crippen molar-refractivity contribution in [3.05, 3.63) is 50.9 Å². The van der Waals surface area contributed by atoms with Gasteiger partial charge in [-0.3, -0.25) is 14.2 Å². The summed E-state index contributed by atoms with van der Waals surface area (Å²) >= 11 is 1.65. The summed E-state index contributed by atoms with van der Waals surface area (Å²) in [5.74, 6) is 1.40. The molecule has 7 nitrogen and oxygen atoms in total. The minimum atomic E-state index is -0.00920. The van der Waals surface area contributed by atoms with E-state index in [0.29, 0.717) is 18.0 Å². The zero-order valence-electron chi connectivity index (χ0n) is 19.1. The topological polar surface area (TPSA) is 73.7 Å². The van der Waals surface area contributed by atoms with Gasteiger partial charge < -0.3 is 14.4 Å². The molecule has 2 aromatic heterocycles. The van der Waals surface area contributed by atoms with Crippen molar-refractivity contribution < 1.29 is 14.3 Å². The predicted molar refractivity (Wildman–Crippen MR) is 128 cm³/mol. The zero-order valence-corrected chi connectivity index (χ0v) is 20.0. The lowest BCUT2D eigenvalue weighted by Gasteiger charge is -2.26. The lowest BCUT2D eigenvalue weighted by Crippen LogP contribution is -2.32. The number of methoxy groups -OCH3 is 2. The van der Waals surface area contributed by atoms with E-state index in [9.17, 15) is 9.59 Å². The second-order valence-corrected chi connectivity index (χ2v) is 9.83. The number of carbonyl (C=O) groups is 1. The summed E-state index contributed by atoms with van der Waals surface area (Å²) < 4.78 is 12.4. The monoisotopic (exact) mass is 467 g/mol. The van der Waals surface area contributed by atoms with E-state index in [1.54, 1.807) is 36.5 Å². The van der Waals surface area contributed by atoms with Crippen LogP contribution in [-0.4, -0.2) is 41.1 Å². The molecule has 1 amide bonds. The van der Waals surface area contributed by atoms with Crippen molar-refractivity contribution in [3.63, 3.8) is 0 Å². The number of rotatable bonds is 6. The second kappa shape index (κ2) is 9.17. The number of nitrogens with zero attached hydrogens (tertiary/aromatic N) is 3. The third-order valence-corrected chi connectivity index (χ3v) is 8.07. The van der Waals surface area contributed by atoms with E-state index in [0.717, 1.165) is 54.4 Å². The van der Waals surface area contributed by atoms with Crippen LogP contribution in [0.3, 0.4) is 0 Å². The van der Waals surface area contributed by atoms with Crippen LogP contribution >= 0.6 is 11.3 Å². The first kappa shape index (κ1) is 21.9. The third kappa shape index (κ3) is 4.01. The fourth-order valence-corrected chi connectivity index (χ4v) is 6.39. The number of likely N-dealkylation sites (tertiary alicyclic amines) is 1. The van der Waals surface area contributed by atoms with Crippen LogP contribution in [0.1, 0.15) is 54.1 Å². The van der Waals surface area contributed by atoms with Crippen LogP contribution in [0, 0.1) is 0 Å². The number of amides is 1. The van der Waals surface area contributed by atoms with E-state index >= 15 is 0 Å². The molecule has 1 saturated heterocycles. The number of aryl methyl sites for hydroxylation is 3. The van der Waals surface area contributed by atoms with Crippen LogP contribution in [0.5, 0.6) is 11.5 Å². The average Bonchev–Trinajstić information content (AvgIpc) is 3.48. The highest BCUT2D eigenvalue weighted by atomic mass is 32.1. The minimum absolute atomic E-state index is 0.00920. The first-order valence-electron chi connectivity index (χ1n) is 11.6. The summed E-state index contributed by atoms with van der Waals surface area (Å²) in [5, 5.41) is 0.772. The van der Waals surface area contributed by atoms with Crippen molar-refractivity contribution >= 4 is 27.5 Å². The fraction of sp³-hybridized carbons (Fsp3) is 0.480. The predicted octanol–water partition coefficient (Wildman–Crippen LogP) is 4.11. The number of thiophene rings is 1. The SMILES string of the molecule is COc1ccc(C2CCCN2C(=O)CCn2cnc3sc4c(c3c2=O)CCCC4)cc1OC. The Morgan fingerprint density at radius 2 is 1.97 bits per heavy atom. The molecule has 0 N–H and O–H groups in total. The van der Waals surface area contributed by atoms with Gasteiger partial charge in [0.2, 0.25) is 5.91 Å². The van der Waals surface area contributed by atoms with Crippen LogP contribution in [-0.2, 0) is 24.2 Å². The molecule has 0 radical (unpaired) electrons. The summed E-state index contributed by atoms with van der Waals surface area (Å²) in [6, 6.07) is 5.85. The van der Waals surface area contributed by atoms with Gasteiger partial charge in [0.15, 0.2) is 11.5 Å². The number of benzene rings is 1. The molecule has 0 saturated carbocycles. The molecule has 1 aliphatic carbocycles. The minimum Gasteiger partial charge on any atom is -0.493 e. The van der Waals surface area contributed by atoms with Crippen LogP contribution in [0.25, 0.3) is 10.2 Å². The third-order valence-electron chi connectivity index (χ3n) is 6.87. The Kier molecular flexibility index (Phi) is 6.10. The summed E-state index contributed by atoms with van der Waals surface area (Å²) in [6.45, 7) is 1.07. The molecule has 1 aromatic carbocycles. The Bertz CT molecular complexity index is 1250. The van der Waals surface area contributed by atoms with Crippen LogP contribution < -0.4 is 15.0 Å². The van der Waals surface area contributed by atoms with Crippen molar-refractivity contribution in [2.24, 2.45) is 0 Å². The number of hydrogen-bond donors (Lipinski definition) is 0. The highest BCUT2D eigenvalue weighted by molar-refractivity contribution is 7.18. The van der Waals surface area contributed by atoms with Crippen molar-refractivity contribution in [1.82, 2.24) is 14.5 Å². The lowest BCUT2D eigenvalue weighted by atomic mass is 9.97.